The van der Waals surface area contributed by atoms with Crippen LogP contribution < -0.4 is 5.32 Å². The van der Waals surface area contributed by atoms with Gasteiger partial charge in [0, 0.05) is 43.0 Å². The molecule has 11 nitrogen and oxygen atoms in total. The van der Waals surface area contributed by atoms with Gasteiger partial charge in [-0.3, -0.25) is 25.1 Å². The van der Waals surface area contributed by atoms with Crippen molar-refractivity contribution in [3.05, 3.63) is 82.6 Å². The van der Waals surface area contributed by atoms with Crippen molar-refractivity contribution in [2.75, 3.05) is 18.5 Å². The standard InChI is InChI=1S/C23H21N7O4/c1-2-34-21(31)18-15-27-22(29-20(18)16-6-11-24-12-7-16)25-13-9-23(8-3-10-28-23)19-5-4-17(14-26-19)30(32)33/h3-8,10-12,14-15H,2,9,13H2,1H3,(H,25,27,29). The molecule has 0 aromatic carbocycles. The minimum absolute atomic E-state index is 0.0817. The molecule has 3 aromatic heterocycles. The number of nitrogens with zero attached hydrogens (tertiary/aromatic N) is 6. The molecule has 0 amide bonds. The Labute approximate surface area is 194 Å². The fourth-order valence-corrected chi connectivity index (χ4v) is 3.52. The lowest BCUT2D eigenvalue weighted by molar-refractivity contribution is -0.385. The van der Waals surface area contributed by atoms with Gasteiger partial charge in [0.05, 0.1) is 22.9 Å². The second-order valence-electron chi connectivity index (χ2n) is 7.31. The van der Waals surface area contributed by atoms with Crippen LogP contribution in [0.1, 0.15) is 29.4 Å². The number of carbonyl (C=O) groups is 1. The van der Waals surface area contributed by atoms with Crippen molar-refractivity contribution in [3.8, 4) is 11.3 Å². The number of pyridine rings is 2. The number of esters is 1. The minimum Gasteiger partial charge on any atom is -0.462 e. The zero-order valence-electron chi connectivity index (χ0n) is 18.3. The lowest BCUT2D eigenvalue weighted by Crippen LogP contribution is -2.25. The Kier molecular flexibility index (Phi) is 6.62. The number of ether oxygens (including phenoxy) is 1. The van der Waals surface area contributed by atoms with E-state index in [9.17, 15) is 14.9 Å². The van der Waals surface area contributed by atoms with Gasteiger partial charge in [0.25, 0.3) is 5.69 Å². The maximum absolute atomic E-state index is 12.4. The van der Waals surface area contributed by atoms with Gasteiger partial charge in [-0.05, 0) is 43.7 Å². The van der Waals surface area contributed by atoms with E-state index in [-0.39, 0.29) is 17.9 Å². The van der Waals surface area contributed by atoms with Gasteiger partial charge in [-0.2, -0.15) is 0 Å². The highest BCUT2D eigenvalue weighted by atomic mass is 16.6. The summed E-state index contributed by atoms with van der Waals surface area (Å²) < 4.78 is 5.14. The first kappa shape index (κ1) is 22.6. The van der Waals surface area contributed by atoms with Crippen molar-refractivity contribution in [2.45, 2.75) is 18.9 Å². The van der Waals surface area contributed by atoms with Crippen molar-refractivity contribution in [3.63, 3.8) is 0 Å². The highest BCUT2D eigenvalue weighted by molar-refractivity contribution is 5.96. The van der Waals surface area contributed by atoms with Gasteiger partial charge in [0.1, 0.15) is 17.3 Å². The van der Waals surface area contributed by atoms with Crippen LogP contribution in [0.2, 0.25) is 0 Å². The van der Waals surface area contributed by atoms with E-state index in [1.54, 1.807) is 43.7 Å². The van der Waals surface area contributed by atoms with Gasteiger partial charge in [-0.15, -0.1) is 0 Å². The predicted molar refractivity (Wildman–Crippen MR) is 125 cm³/mol. The number of anilines is 1. The number of allylic oxidation sites excluding steroid dienone is 1. The molecule has 0 saturated carbocycles. The van der Waals surface area contributed by atoms with Gasteiger partial charge < -0.3 is 10.1 Å². The molecule has 0 saturated heterocycles. The molecule has 1 atom stereocenters. The summed E-state index contributed by atoms with van der Waals surface area (Å²) in [6.45, 7) is 2.40. The van der Waals surface area contributed by atoms with E-state index in [1.807, 2.05) is 12.2 Å². The molecule has 11 heteroatoms. The van der Waals surface area contributed by atoms with Crippen LogP contribution in [0.15, 0.2) is 66.2 Å². The van der Waals surface area contributed by atoms with Crippen molar-refractivity contribution in [1.82, 2.24) is 19.9 Å². The first-order valence-corrected chi connectivity index (χ1v) is 10.5. The molecule has 0 fully saturated rings. The average molecular weight is 459 g/mol. The van der Waals surface area contributed by atoms with Gasteiger partial charge >= 0.3 is 5.97 Å². The molecule has 4 heterocycles. The summed E-state index contributed by atoms with van der Waals surface area (Å²) >= 11 is 0. The molecule has 0 bridgehead atoms. The van der Waals surface area contributed by atoms with Gasteiger partial charge in [-0.25, -0.2) is 14.8 Å². The lowest BCUT2D eigenvalue weighted by atomic mass is 9.92. The van der Waals surface area contributed by atoms with Gasteiger partial charge in [-0.1, -0.05) is 0 Å². The van der Waals surface area contributed by atoms with E-state index in [2.05, 4.69) is 30.2 Å². The number of hydrogen-bond donors (Lipinski definition) is 1. The Bertz CT molecular complexity index is 1230. The number of rotatable bonds is 9. The van der Waals surface area contributed by atoms with E-state index in [1.165, 1.54) is 18.5 Å². The summed E-state index contributed by atoms with van der Waals surface area (Å²) in [6.07, 6.45) is 11.8. The third-order valence-corrected chi connectivity index (χ3v) is 5.19. The van der Waals surface area contributed by atoms with Crippen molar-refractivity contribution < 1.29 is 14.5 Å². The van der Waals surface area contributed by atoms with Crippen LogP contribution in [0.4, 0.5) is 11.6 Å². The van der Waals surface area contributed by atoms with E-state index in [0.717, 1.165) is 0 Å². The topological polar surface area (TPSA) is 145 Å². The molecule has 3 aromatic rings. The zero-order chi connectivity index (χ0) is 24.0. The first-order valence-electron chi connectivity index (χ1n) is 10.5. The largest absolute Gasteiger partial charge is 0.462 e. The number of carbonyl (C=O) groups excluding carboxylic acids is 1. The Hall–Kier alpha value is -4.54. The molecule has 1 unspecified atom stereocenters. The monoisotopic (exact) mass is 459 g/mol. The highest BCUT2D eigenvalue weighted by Crippen LogP contribution is 2.33. The number of nitrogens with one attached hydrogen (secondary N) is 1. The Morgan fingerprint density at radius 1 is 1.18 bits per heavy atom. The Balaban J connectivity index is 1.53. The van der Waals surface area contributed by atoms with E-state index in [0.29, 0.717) is 35.9 Å². The smallest absolute Gasteiger partial charge is 0.341 e. The van der Waals surface area contributed by atoms with Crippen molar-refractivity contribution in [1.29, 1.82) is 0 Å². The van der Waals surface area contributed by atoms with Crippen LogP contribution in [-0.4, -0.2) is 50.2 Å². The number of hydrogen-bond acceptors (Lipinski definition) is 10. The second kappa shape index (κ2) is 9.94. The van der Waals surface area contributed by atoms with Crippen LogP contribution in [0.3, 0.4) is 0 Å². The fourth-order valence-electron chi connectivity index (χ4n) is 3.52. The first-order chi connectivity index (χ1) is 16.5. The number of aliphatic imine (C=N–C) groups is 1. The summed E-state index contributed by atoms with van der Waals surface area (Å²) in [7, 11) is 0. The third kappa shape index (κ3) is 4.77. The molecule has 0 spiro atoms. The summed E-state index contributed by atoms with van der Waals surface area (Å²) in [5.74, 6) is -0.174. The normalized spacial score (nSPS) is 16.4. The molecular weight excluding hydrogens is 438 g/mol. The van der Waals surface area contributed by atoms with E-state index in [4.69, 9.17) is 4.74 Å². The summed E-state index contributed by atoms with van der Waals surface area (Å²) in [5.41, 5.74) is 1.17. The Morgan fingerprint density at radius 2 is 2.00 bits per heavy atom. The highest BCUT2D eigenvalue weighted by Gasteiger charge is 2.32. The zero-order valence-corrected chi connectivity index (χ0v) is 18.3. The number of nitro groups is 1. The fraction of sp³-hybridized carbons (Fsp3) is 0.217. The Morgan fingerprint density at radius 3 is 2.65 bits per heavy atom. The van der Waals surface area contributed by atoms with Crippen LogP contribution in [-0.2, 0) is 10.3 Å². The molecule has 34 heavy (non-hydrogen) atoms. The predicted octanol–water partition coefficient (Wildman–Crippen LogP) is 3.36. The van der Waals surface area contributed by atoms with Gasteiger partial charge in [0.2, 0.25) is 5.95 Å². The lowest BCUT2D eigenvalue weighted by Gasteiger charge is -2.23. The molecule has 1 aliphatic heterocycles. The molecule has 0 radical (unpaired) electrons. The third-order valence-electron chi connectivity index (χ3n) is 5.19. The van der Waals surface area contributed by atoms with Crippen molar-refractivity contribution in [2.24, 2.45) is 4.99 Å². The summed E-state index contributed by atoms with van der Waals surface area (Å²) in [5, 5.41) is 14.1. The quantitative estimate of drug-likeness (QED) is 0.289. The molecule has 0 aliphatic carbocycles. The van der Waals surface area contributed by atoms with Crippen LogP contribution in [0, 0.1) is 10.1 Å². The van der Waals surface area contributed by atoms with E-state index < -0.39 is 16.4 Å². The van der Waals surface area contributed by atoms with Crippen LogP contribution in [0.25, 0.3) is 11.3 Å². The van der Waals surface area contributed by atoms with Gasteiger partial charge in [0.15, 0.2) is 0 Å². The summed E-state index contributed by atoms with van der Waals surface area (Å²) in [4.78, 5) is 44.5. The SMILES string of the molecule is CCOC(=O)c1cnc(NCCC2(c3ccc([N+](=O)[O-])cn3)C=CC=N2)nc1-c1ccncc1. The molecule has 172 valence electrons. The average Bonchev–Trinajstić information content (AvgIpc) is 3.35. The molecular formula is C23H21N7O4. The summed E-state index contributed by atoms with van der Waals surface area (Å²) in [6, 6.07) is 6.53. The number of aromatic nitrogens is 4. The minimum atomic E-state index is -0.749. The van der Waals surface area contributed by atoms with Crippen molar-refractivity contribution >= 4 is 23.8 Å². The molecule has 1 N–H and O–H groups in total. The van der Waals surface area contributed by atoms with E-state index >= 15 is 0 Å². The second-order valence-corrected chi connectivity index (χ2v) is 7.31. The molecule has 4 rings (SSSR count). The maximum Gasteiger partial charge on any atom is 0.341 e. The maximum atomic E-state index is 12.4. The van der Waals surface area contributed by atoms with Crippen LogP contribution in [0.5, 0.6) is 0 Å². The molecule has 1 aliphatic rings. The van der Waals surface area contributed by atoms with Crippen LogP contribution >= 0.6 is 0 Å².